The molecule has 1 saturated heterocycles. The van der Waals surface area contributed by atoms with Crippen LogP contribution in [0.3, 0.4) is 0 Å². The predicted molar refractivity (Wildman–Crippen MR) is 70.3 cm³/mol. The van der Waals surface area contributed by atoms with E-state index in [9.17, 15) is 9.59 Å². The number of aliphatic carboxylic acids is 1. The van der Waals surface area contributed by atoms with Crippen molar-refractivity contribution in [2.45, 2.75) is 19.4 Å². The first kappa shape index (κ1) is 12.8. The molecule has 0 aliphatic carbocycles. The predicted octanol–water partition coefficient (Wildman–Crippen LogP) is 2.08. The zero-order valence-corrected chi connectivity index (χ0v) is 10.9. The molecular formula is C13H15NO3S. The second kappa shape index (κ2) is 5.35. The number of carboxylic acids is 1. The van der Waals surface area contributed by atoms with Gasteiger partial charge in [0, 0.05) is 17.5 Å². The van der Waals surface area contributed by atoms with E-state index in [1.165, 1.54) is 11.0 Å². The molecule has 2 heterocycles. The summed E-state index contributed by atoms with van der Waals surface area (Å²) in [4.78, 5) is 25.6. The van der Waals surface area contributed by atoms with E-state index in [-0.39, 0.29) is 11.8 Å². The molecule has 2 atom stereocenters. The first-order valence-electron chi connectivity index (χ1n) is 5.84. The Hall–Kier alpha value is -1.62. The minimum Gasteiger partial charge on any atom is -0.480 e. The fourth-order valence-electron chi connectivity index (χ4n) is 2.21. The van der Waals surface area contributed by atoms with Crippen LogP contribution in [0.2, 0.25) is 0 Å². The van der Waals surface area contributed by atoms with Gasteiger partial charge in [0.25, 0.3) is 0 Å². The van der Waals surface area contributed by atoms with Crippen LogP contribution in [-0.2, 0) is 9.59 Å². The van der Waals surface area contributed by atoms with E-state index in [1.807, 2.05) is 24.4 Å². The molecule has 0 radical (unpaired) electrons. The van der Waals surface area contributed by atoms with Gasteiger partial charge in [-0.3, -0.25) is 4.79 Å². The van der Waals surface area contributed by atoms with Crippen LogP contribution >= 0.6 is 11.3 Å². The Kier molecular flexibility index (Phi) is 3.81. The minimum atomic E-state index is -0.919. The molecule has 5 heteroatoms. The van der Waals surface area contributed by atoms with Crippen molar-refractivity contribution in [3.05, 3.63) is 28.5 Å². The summed E-state index contributed by atoms with van der Waals surface area (Å²) in [6, 6.07) is 3.13. The van der Waals surface area contributed by atoms with E-state index in [0.29, 0.717) is 6.54 Å². The maximum Gasteiger partial charge on any atom is 0.326 e. The SMILES string of the molecule is CC1CCN(C(=O)/C=C/c2cccs2)C1C(=O)O. The summed E-state index contributed by atoms with van der Waals surface area (Å²) in [7, 11) is 0. The van der Waals surface area contributed by atoms with Gasteiger partial charge in [0.1, 0.15) is 6.04 Å². The van der Waals surface area contributed by atoms with E-state index < -0.39 is 12.0 Å². The number of amides is 1. The number of rotatable bonds is 3. The van der Waals surface area contributed by atoms with Gasteiger partial charge in [-0.05, 0) is 29.9 Å². The molecule has 1 aliphatic rings. The quantitative estimate of drug-likeness (QED) is 0.851. The molecule has 1 fully saturated rings. The molecule has 18 heavy (non-hydrogen) atoms. The highest BCUT2D eigenvalue weighted by Crippen LogP contribution is 2.24. The molecule has 0 saturated carbocycles. The highest BCUT2D eigenvalue weighted by Gasteiger charge is 2.38. The average molecular weight is 265 g/mol. The Labute approximate surface area is 110 Å². The molecule has 96 valence electrons. The Morgan fingerprint density at radius 1 is 1.56 bits per heavy atom. The van der Waals surface area contributed by atoms with Crippen molar-refractivity contribution in [1.29, 1.82) is 0 Å². The van der Waals surface area contributed by atoms with Gasteiger partial charge in [-0.15, -0.1) is 11.3 Å². The molecule has 1 aromatic heterocycles. The Morgan fingerprint density at radius 2 is 2.33 bits per heavy atom. The largest absolute Gasteiger partial charge is 0.480 e. The molecule has 2 rings (SSSR count). The van der Waals surface area contributed by atoms with Gasteiger partial charge in [-0.2, -0.15) is 0 Å². The van der Waals surface area contributed by atoms with Crippen LogP contribution in [0.4, 0.5) is 0 Å². The van der Waals surface area contributed by atoms with Crippen molar-refractivity contribution < 1.29 is 14.7 Å². The molecule has 0 aromatic carbocycles. The second-order valence-electron chi connectivity index (χ2n) is 4.43. The number of nitrogens with zero attached hydrogens (tertiary/aromatic N) is 1. The highest BCUT2D eigenvalue weighted by molar-refractivity contribution is 7.10. The summed E-state index contributed by atoms with van der Waals surface area (Å²) < 4.78 is 0. The number of carboxylic acid groups (broad SMARTS) is 1. The molecule has 1 N–H and O–H groups in total. The summed E-state index contributed by atoms with van der Waals surface area (Å²) in [6.07, 6.45) is 3.93. The number of likely N-dealkylation sites (tertiary alicyclic amines) is 1. The van der Waals surface area contributed by atoms with Crippen molar-refractivity contribution in [1.82, 2.24) is 4.90 Å². The van der Waals surface area contributed by atoms with Crippen LogP contribution in [0, 0.1) is 5.92 Å². The molecule has 1 aliphatic heterocycles. The second-order valence-corrected chi connectivity index (χ2v) is 5.41. The van der Waals surface area contributed by atoms with Crippen LogP contribution in [-0.4, -0.2) is 34.5 Å². The molecule has 2 unspecified atom stereocenters. The number of carbonyl (C=O) groups is 2. The molecule has 0 bridgehead atoms. The van der Waals surface area contributed by atoms with Gasteiger partial charge in [0.05, 0.1) is 0 Å². The van der Waals surface area contributed by atoms with Gasteiger partial charge in [0.2, 0.25) is 5.91 Å². The van der Waals surface area contributed by atoms with Gasteiger partial charge >= 0.3 is 5.97 Å². The third-order valence-electron chi connectivity index (χ3n) is 3.17. The molecule has 4 nitrogen and oxygen atoms in total. The van der Waals surface area contributed by atoms with E-state index in [2.05, 4.69) is 0 Å². The monoisotopic (exact) mass is 265 g/mol. The lowest BCUT2D eigenvalue weighted by Crippen LogP contribution is -2.42. The Bertz CT molecular complexity index is 467. The first-order valence-corrected chi connectivity index (χ1v) is 6.72. The van der Waals surface area contributed by atoms with Crippen LogP contribution in [0.5, 0.6) is 0 Å². The topological polar surface area (TPSA) is 57.6 Å². The van der Waals surface area contributed by atoms with Gasteiger partial charge in [0.15, 0.2) is 0 Å². The average Bonchev–Trinajstić information content (AvgIpc) is 2.94. The zero-order chi connectivity index (χ0) is 13.1. The molecule has 0 spiro atoms. The van der Waals surface area contributed by atoms with Gasteiger partial charge in [-0.1, -0.05) is 13.0 Å². The molecule has 1 amide bonds. The number of hydrogen-bond acceptors (Lipinski definition) is 3. The fraction of sp³-hybridized carbons (Fsp3) is 0.385. The van der Waals surface area contributed by atoms with Crippen molar-refractivity contribution in [3.63, 3.8) is 0 Å². The maximum absolute atomic E-state index is 12.0. The summed E-state index contributed by atoms with van der Waals surface area (Å²) in [6.45, 7) is 2.39. The summed E-state index contributed by atoms with van der Waals surface area (Å²) in [5.74, 6) is -1.13. The van der Waals surface area contributed by atoms with Crippen LogP contribution in [0.15, 0.2) is 23.6 Å². The third-order valence-corrected chi connectivity index (χ3v) is 4.01. The van der Waals surface area contributed by atoms with E-state index in [4.69, 9.17) is 5.11 Å². The van der Waals surface area contributed by atoms with E-state index in [0.717, 1.165) is 11.3 Å². The minimum absolute atomic E-state index is 0.0154. The number of carbonyl (C=O) groups excluding carboxylic acids is 1. The third kappa shape index (κ3) is 2.61. The number of thiophene rings is 1. The van der Waals surface area contributed by atoms with E-state index in [1.54, 1.807) is 17.4 Å². The molecular weight excluding hydrogens is 250 g/mol. The number of hydrogen-bond donors (Lipinski definition) is 1. The van der Waals surface area contributed by atoms with E-state index >= 15 is 0 Å². The summed E-state index contributed by atoms with van der Waals surface area (Å²) in [5.41, 5.74) is 0. The van der Waals surface area contributed by atoms with Crippen molar-refractivity contribution in [2.24, 2.45) is 5.92 Å². The lowest BCUT2D eigenvalue weighted by atomic mass is 10.0. The highest BCUT2D eigenvalue weighted by atomic mass is 32.1. The lowest BCUT2D eigenvalue weighted by Gasteiger charge is -2.21. The van der Waals surface area contributed by atoms with Crippen molar-refractivity contribution >= 4 is 29.3 Å². The summed E-state index contributed by atoms with van der Waals surface area (Å²) >= 11 is 1.54. The Balaban J connectivity index is 2.07. The fourth-order valence-corrected chi connectivity index (χ4v) is 2.82. The van der Waals surface area contributed by atoms with Crippen molar-refractivity contribution in [3.8, 4) is 0 Å². The Morgan fingerprint density at radius 3 is 2.94 bits per heavy atom. The molecule has 1 aromatic rings. The first-order chi connectivity index (χ1) is 8.59. The lowest BCUT2D eigenvalue weighted by molar-refractivity contribution is -0.147. The van der Waals surface area contributed by atoms with Crippen LogP contribution in [0.1, 0.15) is 18.2 Å². The standard InChI is InChI=1S/C13H15NO3S/c1-9-6-7-14(12(9)13(16)17)11(15)5-4-10-3-2-8-18-10/h2-5,8-9,12H,6-7H2,1H3,(H,16,17)/b5-4+. The zero-order valence-electron chi connectivity index (χ0n) is 10.1. The van der Waals surface area contributed by atoms with Crippen LogP contribution in [0.25, 0.3) is 6.08 Å². The van der Waals surface area contributed by atoms with Crippen molar-refractivity contribution in [2.75, 3.05) is 6.54 Å². The normalized spacial score (nSPS) is 23.7. The summed E-state index contributed by atoms with van der Waals surface area (Å²) in [5, 5.41) is 11.1. The van der Waals surface area contributed by atoms with Crippen LogP contribution < -0.4 is 0 Å². The van der Waals surface area contributed by atoms with Gasteiger partial charge < -0.3 is 10.0 Å². The smallest absolute Gasteiger partial charge is 0.326 e. The maximum atomic E-state index is 12.0. The van der Waals surface area contributed by atoms with Gasteiger partial charge in [-0.25, -0.2) is 4.79 Å².